The first-order chi connectivity index (χ1) is 14.3. The van der Waals surface area contributed by atoms with Gasteiger partial charge in [-0.05, 0) is 68.2 Å². The predicted molar refractivity (Wildman–Crippen MR) is 123 cm³/mol. The minimum Gasteiger partial charge on any atom is -0.452 e. The number of halogens is 1. The van der Waals surface area contributed by atoms with Gasteiger partial charge < -0.3 is 14.5 Å². The molecule has 30 heavy (non-hydrogen) atoms. The Labute approximate surface area is 187 Å². The smallest absolute Gasteiger partial charge is 0.303 e. The van der Waals surface area contributed by atoms with Gasteiger partial charge in [-0.1, -0.05) is 23.7 Å². The zero-order valence-corrected chi connectivity index (χ0v) is 19.3. The molecule has 0 saturated heterocycles. The summed E-state index contributed by atoms with van der Waals surface area (Å²) >= 11 is 7.95. The maximum absolute atomic E-state index is 13.6. The van der Waals surface area contributed by atoms with Crippen molar-refractivity contribution in [3.05, 3.63) is 58.6 Å². The van der Waals surface area contributed by atoms with Gasteiger partial charge in [0.15, 0.2) is 6.10 Å². The lowest BCUT2D eigenvalue weighted by molar-refractivity contribution is -0.154. The molecule has 0 fully saturated rings. The average molecular weight is 447 g/mol. The second kappa shape index (κ2) is 9.86. The number of amides is 1. The Morgan fingerprint density at radius 1 is 1.23 bits per heavy atom. The largest absolute Gasteiger partial charge is 0.452 e. The van der Waals surface area contributed by atoms with Crippen LogP contribution in [-0.4, -0.2) is 56.3 Å². The van der Waals surface area contributed by atoms with Crippen molar-refractivity contribution >= 4 is 40.9 Å². The Balaban J connectivity index is 2.09. The van der Waals surface area contributed by atoms with Crippen LogP contribution < -0.4 is 4.90 Å². The molecule has 2 aromatic rings. The van der Waals surface area contributed by atoms with Crippen LogP contribution in [0, 0.1) is 0 Å². The molecule has 0 unspecified atom stereocenters. The molecule has 0 spiro atoms. The van der Waals surface area contributed by atoms with Crippen LogP contribution in [0.3, 0.4) is 0 Å². The Morgan fingerprint density at radius 2 is 1.93 bits per heavy atom. The van der Waals surface area contributed by atoms with E-state index in [1.165, 1.54) is 6.92 Å². The number of hydrogen-bond acceptors (Lipinski definition) is 5. The van der Waals surface area contributed by atoms with Crippen LogP contribution in [0.15, 0.2) is 47.4 Å². The maximum Gasteiger partial charge on any atom is 0.303 e. The molecular weight excluding hydrogens is 420 g/mol. The van der Waals surface area contributed by atoms with Crippen LogP contribution in [0.1, 0.15) is 24.0 Å². The molecule has 1 aliphatic heterocycles. The normalized spacial score (nSPS) is 18.9. The zero-order valence-electron chi connectivity index (χ0n) is 17.7. The van der Waals surface area contributed by atoms with E-state index in [1.54, 1.807) is 22.7 Å². The summed E-state index contributed by atoms with van der Waals surface area (Å²) in [6.07, 6.45) is 1.68. The number of rotatable bonds is 6. The first-order valence-electron chi connectivity index (χ1n) is 9.86. The molecule has 1 amide bonds. The van der Waals surface area contributed by atoms with Gasteiger partial charge in [-0.25, -0.2) is 0 Å². The third-order valence-electron chi connectivity index (χ3n) is 5.25. The second-order valence-corrected chi connectivity index (χ2v) is 9.00. The molecule has 0 radical (unpaired) electrons. The third kappa shape index (κ3) is 5.17. The molecule has 1 heterocycles. The number of anilines is 1. The van der Waals surface area contributed by atoms with Crippen LogP contribution in [0.2, 0.25) is 5.02 Å². The minimum atomic E-state index is -0.893. The zero-order chi connectivity index (χ0) is 21.8. The molecule has 3 rings (SSSR count). The van der Waals surface area contributed by atoms with E-state index in [-0.39, 0.29) is 11.8 Å². The SMILES string of the molecule is CSc1ccc([C@H]2Cc3cc(Cl)ccc3N(CCN(C)C)C(=O)[C@H]2OC(C)=O)cc1. The van der Waals surface area contributed by atoms with Crippen molar-refractivity contribution in [2.24, 2.45) is 0 Å². The van der Waals surface area contributed by atoms with Crippen molar-refractivity contribution in [3.63, 3.8) is 0 Å². The van der Waals surface area contributed by atoms with E-state index < -0.39 is 12.1 Å². The van der Waals surface area contributed by atoms with E-state index in [2.05, 4.69) is 0 Å². The number of nitrogens with zero attached hydrogens (tertiary/aromatic N) is 2. The van der Waals surface area contributed by atoms with Crippen LogP contribution in [-0.2, 0) is 20.7 Å². The van der Waals surface area contributed by atoms with Crippen LogP contribution >= 0.6 is 23.4 Å². The lowest BCUT2D eigenvalue weighted by atomic mass is 9.87. The average Bonchev–Trinajstić information content (AvgIpc) is 2.81. The Bertz CT molecular complexity index is 917. The quantitative estimate of drug-likeness (QED) is 0.491. The molecule has 0 saturated carbocycles. The molecule has 0 N–H and O–H groups in total. The van der Waals surface area contributed by atoms with Gasteiger partial charge in [0, 0.05) is 41.5 Å². The molecule has 2 atom stereocenters. The number of ether oxygens (including phenoxy) is 1. The maximum atomic E-state index is 13.6. The first kappa shape index (κ1) is 22.7. The van der Waals surface area contributed by atoms with Crippen molar-refractivity contribution in [2.75, 3.05) is 38.3 Å². The topological polar surface area (TPSA) is 49.9 Å². The third-order valence-corrected chi connectivity index (χ3v) is 6.23. The van der Waals surface area contributed by atoms with Gasteiger partial charge in [0.25, 0.3) is 5.91 Å². The van der Waals surface area contributed by atoms with E-state index in [0.717, 1.165) is 21.7 Å². The summed E-state index contributed by atoms with van der Waals surface area (Å²) in [5, 5.41) is 0.621. The van der Waals surface area contributed by atoms with Crippen LogP contribution in [0.4, 0.5) is 5.69 Å². The number of likely N-dealkylation sites (N-methyl/N-ethyl adjacent to an activating group) is 1. The molecule has 1 aliphatic rings. The lowest BCUT2D eigenvalue weighted by Gasteiger charge is -2.29. The van der Waals surface area contributed by atoms with E-state index in [1.807, 2.05) is 61.6 Å². The predicted octanol–water partition coefficient (Wildman–Crippen LogP) is 4.23. The highest BCUT2D eigenvalue weighted by atomic mass is 35.5. The Morgan fingerprint density at radius 3 is 2.53 bits per heavy atom. The highest BCUT2D eigenvalue weighted by molar-refractivity contribution is 7.98. The Kier molecular flexibility index (Phi) is 7.45. The van der Waals surface area contributed by atoms with Crippen LogP contribution in [0.5, 0.6) is 0 Å². The fourth-order valence-electron chi connectivity index (χ4n) is 3.76. The standard InChI is InChI=1S/C23H27ClN2O3S/c1-15(27)29-22-20(16-5-8-19(30-4)9-6-16)14-17-13-18(24)7-10-21(17)26(23(22)28)12-11-25(2)3/h5-10,13,20,22H,11-12,14H2,1-4H3/t20-,22+/m1/s1. The summed E-state index contributed by atoms with van der Waals surface area (Å²) in [6, 6.07) is 13.7. The molecule has 5 nitrogen and oxygen atoms in total. The van der Waals surface area contributed by atoms with Crippen LogP contribution in [0.25, 0.3) is 0 Å². The summed E-state index contributed by atoms with van der Waals surface area (Å²) in [5.41, 5.74) is 2.77. The minimum absolute atomic E-state index is 0.202. The number of thioether (sulfide) groups is 1. The highest BCUT2D eigenvalue weighted by Gasteiger charge is 2.40. The Hall–Kier alpha value is -2.02. The van der Waals surface area contributed by atoms with Crippen molar-refractivity contribution in [2.45, 2.75) is 30.3 Å². The number of benzene rings is 2. The van der Waals surface area contributed by atoms with Crippen molar-refractivity contribution < 1.29 is 14.3 Å². The van der Waals surface area contributed by atoms with Gasteiger partial charge in [0.1, 0.15) is 0 Å². The second-order valence-electron chi connectivity index (χ2n) is 7.68. The van der Waals surface area contributed by atoms with Gasteiger partial charge in [-0.15, -0.1) is 11.8 Å². The fraction of sp³-hybridized carbons (Fsp3) is 0.391. The molecule has 0 aromatic heterocycles. The van der Waals surface area contributed by atoms with E-state index >= 15 is 0 Å². The number of carbonyl (C=O) groups excluding carboxylic acids is 2. The summed E-state index contributed by atoms with van der Waals surface area (Å²) < 4.78 is 5.62. The first-order valence-corrected chi connectivity index (χ1v) is 11.5. The van der Waals surface area contributed by atoms with Gasteiger partial charge in [-0.3, -0.25) is 9.59 Å². The van der Waals surface area contributed by atoms with E-state index in [9.17, 15) is 9.59 Å². The summed E-state index contributed by atoms with van der Waals surface area (Å²) in [4.78, 5) is 30.5. The summed E-state index contributed by atoms with van der Waals surface area (Å²) in [6.45, 7) is 2.53. The number of carbonyl (C=O) groups is 2. The highest BCUT2D eigenvalue weighted by Crippen LogP contribution is 2.38. The monoisotopic (exact) mass is 446 g/mol. The number of hydrogen-bond donors (Lipinski definition) is 0. The molecule has 0 bridgehead atoms. The van der Waals surface area contributed by atoms with Gasteiger partial charge >= 0.3 is 5.97 Å². The van der Waals surface area contributed by atoms with Crippen molar-refractivity contribution in [1.82, 2.24) is 4.90 Å². The van der Waals surface area contributed by atoms with Crippen molar-refractivity contribution in [3.8, 4) is 0 Å². The summed E-state index contributed by atoms with van der Waals surface area (Å²) in [5.74, 6) is -0.957. The summed E-state index contributed by atoms with van der Waals surface area (Å²) in [7, 11) is 3.93. The van der Waals surface area contributed by atoms with Gasteiger partial charge in [-0.2, -0.15) is 0 Å². The molecular formula is C23H27ClN2O3S. The number of fused-ring (bicyclic) bond motifs is 1. The van der Waals surface area contributed by atoms with Gasteiger partial charge in [0.2, 0.25) is 0 Å². The molecule has 0 aliphatic carbocycles. The van der Waals surface area contributed by atoms with Crippen molar-refractivity contribution in [1.29, 1.82) is 0 Å². The molecule has 160 valence electrons. The number of esters is 1. The molecule has 2 aromatic carbocycles. The van der Waals surface area contributed by atoms with E-state index in [4.69, 9.17) is 16.3 Å². The van der Waals surface area contributed by atoms with Gasteiger partial charge in [0.05, 0.1) is 0 Å². The lowest BCUT2D eigenvalue weighted by Crippen LogP contribution is -2.45. The molecule has 7 heteroatoms. The van der Waals surface area contributed by atoms with E-state index in [0.29, 0.717) is 24.5 Å². The fourth-order valence-corrected chi connectivity index (χ4v) is 4.36.